The fraction of sp³-hybridized carbons (Fsp3) is 0.154. The number of nitrogens with zero attached hydrogens (tertiary/aromatic N) is 2. The molecule has 2 aromatic rings. The van der Waals surface area contributed by atoms with Crippen molar-refractivity contribution >= 4 is 29.7 Å². The van der Waals surface area contributed by atoms with Crippen molar-refractivity contribution in [3.8, 4) is 11.4 Å². The highest BCUT2D eigenvalue weighted by Gasteiger charge is 2.11. The zero-order valence-corrected chi connectivity index (χ0v) is 12.2. The van der Waals surface area contributed by atoms with Crippen LogP contribution < -0.4 is 5.32 Å². The lowest BCUT2D eigenvalue weighted by Crippen LogP contribution is -2.27. The Hall–Kier alpha value is -1.92. The predicted octanol–water partition coefficient (Wildman–Crippen LogP) is 2.56. The molecule has 5 nitrogen and oxygen atoms in total. The average Bonchev–Trinajstić information content (AvgIpc) is 2.79. The number of H-pyrrole nitrogens is 1. The van der Waals surface area contributed by atoms with Crippen molar-refractivity contribution in [1.82, 2.24) is 20.1 Å². The van der Waals surface area contributed by atoms with Crippen LogP contribution in [0, 0.1) is 4.77 Å². The summed E-state index contributed by atoms with van der Waals surface area (Å²) in [5.74, 6) is 0.443. The molecule has 0 saturated heterocycles. The van der Waals surface area contributed by atoms with Crippen LogP contribution in [0.4, 0.5) is 0 Å². The second kappa shape index (κ2) is 6.49. The van der Waals surface area contributed by atoms with E-state index in [1.807, 2.05) is 12.1 Å². The van der Waals surface area contributed by atoms with Gasteiger partial charge in [0.15, 0.2) is 10.6 Å². The number of amides is 1. The molecular formula is C13H13ClN4OS. The van der Waals surface area contributed by atoms with Crippen molar-refractivity contribution < 1.29 is 4.79 Å². The third kappa shape index (κ3) is 3.34. The molecule has 7 heteroatoms. The molecule has 1 amide bonds. The standard InChI is InChI=1S/C13H13ClN4OS/c1-2-7-15-11(19)8-18-12(16-17-13(18)20)9-3-5-10(14)6-4-9/h2-6H,1,7-8H2,(H,15,19)(H,17,20). The number of carbonyl (C=O) groups is 1. The maximum Gasteiger partial charge on any atom is 0.240 e. The molecule has 0 aliphatic carbocycles. The Balaban J connectivity index is 2.27. The lowest BCUT2D eigenvalue weighted by molar-refractivity contribution is -0.121. The first-order valence-electron chi connectivity index (χ1n) is 5.90. The fourth-order valence-corrected chi connectivity index (χ4v) is 1.99. The highest BCUT2D eigenvalue weighted by molar-refractivity contribution is 7.71. The molecule has 1 aromatic heterocycles. The minimum absolute atomic E-state index is 0.0983. The number of carbonyl (C=O) groups excluding carboxylic acids is 1. The van der Waals surface area contributed by atoms with Crippen LogP contribution in [-0.2, 0) is 11.3 Å². The average molecular weight is 309 g/mol. The quantitative estimate of drug-likeness (QED) is 0.659. The highest BCUT2D eigenvalue weighted by Crippen LogP contribution is 2.19. The Labute approximate surface area is 126 Å². The molecule has 2 rings (SSSR count). The number of aromatic amines is 1. The van der Waals surface area contributed by atoms with Gasteiger partial charge >= 0.3 is 0 Å². The van der Waals surface area contributed by atoms with Gasteiger partial charge in [0, 0.05) is 17.1 Å². The van der Waals surface area contributed by atoms with Gasteiger partial charge in [-0.15, -0.1) is 6.58 Å². The molecule has 2 N–H and O–H groups in total. The normalized spacial score (nSPS) is 10.2. The van der Waals surface area contributed by atoms with Gasteiger partial charge in [-0.1, -0.05) is 17.7 Å². The molecule has 0 aliphatic heterocycles. The minimum Gasteiger partial charge on any atom is -0.351 e. The van der Waals surface area contributed by atoms with E-state index in [1.54, 1.807) is 22.8 Å². The number of benzene rings is 1. The maximum absolute atomic E-state index is 11.8. The number of hydrogen-bond donors (Lipinski definition) is 2. The first-order chi connectivity index (χ1) is 9.61. The summed E-state index contributed by atoms with van der Waals surface area (Å²) in [5.41, 5.74) is 0.832. The molecule has 0 fully saturated rings. The summed E-state index contributed by atoms with van der Waals surface area (Å²) in [6, 6.07) is 7.17. The van der Waals surface area contributed by atoms with Crippen LogP contribution in [0.1, 0.15) is 0 Å². The lowest BCUT2D eigenvalue weighted by atomic mass is 10.2. The Morgan fingerprint density at radius 2 is 2.20 bits per heavy atom. The number of aromatic nitrogens is 3. The van der Waals surface area contributed by atoms with Crippen molar-refractivity contribution in [3.63, 3.8) is 0 Å². The van der Waals surface area contributed by atoms with Gasteiger partial charge in [0.05, 0.1) is 0 Å². The van der Waals surface area contributed by atoms with Gasteiger partial charge in [-0.25, -0.2) is 0 Å². The van der Waals surface area contributed by atoms with Gasteiger partial charge in [-0.05, 0) is 36.5 Å². The van der Waals surface area contributed by atoms with Gasteiger partial charge in [0.2, 0.25) is 5.91 Å². The number of hydrogen-bond acceptors (Lipinski definition) is 3. The van der Waals surface area contributed by atoms with Crippen LogP contribution in [0.15, 0.2) is 36.9 Å². The number of nitrogens with one attached hydrogen (secondary N) is 2. The second-order valence-corrected chi connectivity index (χ2v) is 4.86. The summed E-state index contributed by atoms with van der Waals surface area (Å²) in [7, 11) is 0. The van der Waals surface area contributed by atoms with Crippen molar-refractivity contribution in [1.29, 1.82) is 0 Å². The minimum atomic E-state index is -0.155. The van der Waals surface area contributed by atoms with Crippen molar-refractivity contribution in [2.45, 2.75) is 6.54 Å². The van der Waals surface area contributed by atoms with E-state index < -0.39 is 0 Å². The number of rotatable bonds is 5. The van der Waals surface area contributed by atoms with Gasteiger partial charge in [-0.3, -0.25) is 14.5 Å². The van der Waals surface area contributed by atoms with Crippen LogP contribution in [-0.4, -0.2) is 27.2 Å². The molecule has 0 saturated carbocycles. The van der Waals surface area contributed by atoms with Crippen LogP contribution in [0.3, 0.4) is 0 Å². The van der Waals surface area contributed by atoms with Crippen LogP contribution in [0.2, 0.25) is 5.02 Å². The van der Waals surface area contributed by atoms with Crippen LogP contribution in [0.5, 0.6) is 0 Å². The van der Waals surface area contributed by atoms with Crippen molar-refractivity contribution in [3.05, 3.63) is 46.7 Å². The van der Waals surface area contributed by atoms with Gasteiger partial charge < -0.3 is 5.32 Å². The smallest absolute Gasteiger partial charge is 0.240 e. The second-order valence-electron chi connectivity index (χ2n) is 4.04. The monoisotopic (exact) mass is 308 g/mol. The third-order valence-corrected chi connectivity index (χ3v) is 3.17. The Morgan fingerprint density at radius 1 is 1.50 bits per heavy atom. The van der Waals surface area contributed by atoms with E-state index in [2.05, 4.69) is 22.1 Å². The first kappa shape index (κ1) is 14.5. The van der Waals surface area contributed by atoms with Crippen LogP contribution in [0.25, 0.3) is 11.4 Å². The molecule has 0 aliphatic rings. The van der Waals surface area contributed by atoms with Gasteiger partial charge in [-0.2, -0.15) is 5.10 Å². The van der Waals surface area contributed by atoms with E-state index in [4.69, 9.17) is 23.8 Å². The SMILES string of the molecule is C=CCNC(=O)Cn1c(-c2ccc(Cl)cc2)n[nH]c1=S. The van der Waals surface area contributed by atoms with E-state index in [0.717, 1.165) is 5.56 Å². The zero-order chi connectivity index (χ0) is 14.5. The summed E-state index contributed by atoms with van der Waals surface area (Å²) >= 11 is 11.0. The molecule has 0 unspecified atom stereocenters. The van der Waals surface area contributed by atoms with Crippen molar-refractivity contribution in [2.24, 2.45) is 0 Å². The summed E-state index contributed by atoms with van der Waals surface area (Å²) in [4.78, 5) is 11.8. The van der Waals surface area contributed by atoms with E-state index >= 15 is 0 Å². The van der Waals surface area contributed by atoms with E-state index in [9.17, 15) is 4.79 Å². The summed E-state index contributed by atoms with van der Waals surface area (Å²) in [6.45, 7) is 4.06. The van der Waals surface area contributed by atoms with Crippen LogP contribution >= 0.6 is 23.8 Å². The molecule has 104 valence electrons. The van der Waals surface area contributed by atoms with Crippen molar-refractivity contribution in [2.75, 3.05) is 6.54 Å². The largest absolute Gasteiger partial charge is 0.351 e. The third-order valence-electron chi connectivity index (χ3n) is 2.61. The van der Waals surface area contributed by atoms with E-state index in [1.165, 1.54) is 0 Å². The fourth-order valence-electron chi connectivity index (χ4n) is 1.67. The maximum atomic E-state index is 11.8. The van der Waals surface area contributed by atoms with Gasteiger partial charge in [0.25, 0.3) is 0 Å². The molecule has 20 heavy (non-hydrogen) atoms. The lowest BCUT2D eigenvalue weighted by Gasteiger charge is -2.07. The molecule has 0 spiro atoms. The van der Waals surface area contributed by atoms with E-state index in [0.29, 0.717) is 22.2 Å². The summed E-state index contributed by atoms with van der Waals surface area (Å²) in [6.07, 6.45) is 1.62. The molecule has 0 bridgehead atoms. The van der Waals surface area contributed by atoms with E-state index in [-0.39, 0.29) is 12.5 Å². The molecule has 0 atom stereocenters. The molecular weight excluding hydrogens is 296 g/mol. The highest BCUT2D eigenvalue weighted by atomic mass is 35.5. The number of halogens is 1. The molecule has 1 heterocycles. The topological polar surface area (TPSA) is 62.7 Å². The zero-order valence-electron chi connectivity index (χ0n) is 10.6. The first-order valence-corrected chi connectivity index (χ1v) is 6.69. The Kier molecular flexibility index (Phi) is 4.70. The molecule has 0 radical (unpaired) electrons. The predicted molar refractivity (Wildman–Crippen MR) is 81.1 cm³/mol. The molecule has 1 aromatic carbocycles. The summed E-state index contributed by atoms with van der Waals surface area (Å²) < 4.78 is 2.03. The Morgan fingerprint density at radius 3 is 2.85 bits per heavy atom. The summed E-state index contributed by atoms with van der Waals surface area (Å²) in [5, 5.41) is 10.2. The Bertz CT molecular complexity index is 674. The van der Waals surface area contributed by atoms with Gasteiger partial charge in [0.1, 0.15) is 6.54 Å².